The first-order chi connectivity index (χ1) is 7.65. The lowest BCUT2D eigenvalue weighted by molar-refractivity contribution is 0.765. The summed E-state index contributed by atoms with van der Waals surface area (Å²) in [4.78, 5) is 8.44. The Kier molecular flexibility index (Phi) is 5.34. The van der Waals surface area contributed by atoms with Crippen LogP contribution in [0.2, 0.25) is 0 Å². The summed E-state index contributed by atoms with van der Waals surface area (Å²) in [6.45, 7) is 3.99. The molecule has 16 heavy (non-hydrogen) atoms. The Morgan fingerprint density at radius 3 is 2.75 bits per heavy atom. The third kappa shape index (κ3) is 4.24. The molecule has 90 valence electrons. The molecule has 1 aromatic rings. The van der Waals surface area contributed by atoms with Crippen molar-refractivity contribution in [2.45, 2.75) is 26.3 Å². The SMILES string of the molecule is CSCCC(C)Nc1cc(NN)nc(C)n1. The highest BCUT2D eigenvalue weighted by Gasteiger charge is 2.05. The van der Waals surface area contributed by atoms with Crippen molar-refractivity contribution >= 4 is 23.4 Å². The number of rotatable bonds is 6. The predicted octanol–water partition coefficient (Wildman–Crippen LogP) is 1.62. The minimum absolute atomic E-state index is 0.396. The Hall–Kier alpha value is -1.01. The molecule has 1 rings (SSSR count). The van der Waals surface area contributed by atoms with Crippen LogP contribution in [0.3, 0.4) is 0 Å². The Balaban J connectivity index is 2.61. The minimum atomic E-state index is 0.396. The zero-order valence-corrected chi connectivity index (χ0v) is 10.8. The molecule has 0 saturated heterocycles. The van der Waals surface area contributed by atoms with Gasteiger partial charge in [-0.1, -0.05) is 0 Å². The van der Waals surface area contributed by atoms with Crippen LogP contribution in [0.4, 0.5) is 11.6 Å². The molecular weight excluding hydrogens is 222 g/mol. The fourth-order valence-corrected chi connectivity index (χ4v) is 1.92. The van der Waals surface area contributed by atoms with Gasteiger partial charge in [0, 0.05) is 12.1 Å². The standard InChI is InChI=1S/C10H19N5S/c1-7(4-5-16-3)12-9-6-10(15-11)14-8(2)13-9/h6-7H,4-5,11H2,1-3H3,(H2,12,13,14,15). The van der Waals surface area contributed by atoms with Gasteiger partial charge < -0.3 is 10.7 Å². The van der Waals surface area contributed by atoms with Crippen LogP contribution >= 0.6 is 11.8 Å². The zero-order valence-electron chi connectivity index (χ0n) is 9.95. The molecule has 0 aliphatic carbocycles. The van der Waals surface area contributed by atoms with E-state index in [1.807, 2.05) is 24.8 Å². The Bertz CT molecular complexity index is 331. The first-order valence-corrected chi connectivity index (χ1v) is 6.63. The molecule has 0 radical (unpaired) electrons. The summed E-state index contributed by atoms with van der Waals surface area (Å²) >= 11 is 1.85. The fourth-order valence-electron chi connectivity index (χ4n) is 1.33. The molecule has 6 heteroatoms. The van der Waals surface area contributed by atoms with Gasteiger partial charge in [0.2, 0.25) is 0 Å². The van der Waals surface area contributed by atoms with Crippen LogP contribution in [-0.4, -0.2) is 28.0 Å². The summed E-state index contributed by atoms with van der Waals surface area (Å²) in [5.41, 5.74) is 2.53. The third-order valence-electron chi connectivity index (χ3n) is 2.14. The number of aryl methyl sites for hydroxylation is 1. The highest BCUT2D eigenvalue weighted by Crippen LogP contribution is 2.12. The molecule has 0 aliphatic heterocycles. The number of nitrogen functional groups attached to an aromatic ring is 1. The topological polar surface area (TPSA) is 75.9 Å². The van der Waals surface area contributed by atoms with Crippen molar-refractivity contribution in [3.8, 4) is 0 Å². The maximum atomic E-state index is 5.33. The van der Waals surface area contributed by atoms with Crippen LogP contribution in [0.1, 0.15) is 19.2 Å². The van der Waals surface area contributed by atoms with E-state index in [4.69, 9.17) is 5.84 Å². The van der Waals surface area contributed by atoms with Gasteiger partial charge in [0.25, 0.3) is 0 Å². The second-order valence-electron chi connectivity index (χ2n) is 3.66. The van der Waals surface area contributed by atoms with E-state index >= 15 is 0 Å². The zero-order chi connectivity index (χ0) is 12.0. The van der Waals surface area contributed by atoms with Gasteiger partial charge in [-0.2, -0.15) is 11.8 Å². The van der Waals surface area contributed by atoms with Gasteiger partial charge in [0.15, 0.2) is 0 Å². The number of hydrogen-bond donors (Lipinski definition) is 3. The molecule has 0 spiro atoms. The van der Waals surface area contributed by atoms with Gasteiger partial charge in [0.05, 0.1) is 0 Å². The predicted molar refractivity (Wildman–Crippen MR) is 70.7 cm³/mol. The molecule has 0 fully saturated rings. The number of hydrogen-bond acceptors (Lipinski definition) is 6. The quantitative estimate of drug-likeness (QED) is 0.519. The largest absolute Gasteiger partial charge is 0.367 e. The van der Waals surface area contributed by atoms with Crippen molar-refractivity contribution in [2.75, 3.05) is 22.8 Å². The summed E-state index contributed by atoms with van der Waals surface area (Å²) < 4.78 is 0. The summed E-state index contributed by atoms with van der Waals surface area (Å²) in [7, 11) is 0. The Labute approximate surface area is 101 Å². The molecule has 4 N–H and O–H groups in total. The van der Waals surface area contributed by atoms with Crippen molar-refractivity contribution in [1.82, 2.24) is 9.97 Å². The van der Waals surface area contributed by atoms with E-state index in [-0.39, 0.29) is 0 Å². The maximum Gasteiger partial charge on any atom is 0.145 e. The van der Waals surface area contributed by atoms with Gasteiger partial charge in [-0.25, -0.2) is 15.8 Å². The van der Waals surface area contributed by atoms with Crippen molar-refractivity contribution in [2.24, 2.45) is 5.84 Å². The van der Waals surface area contributed by atoms with Crippen molar-refractivity contribution < 1.29 is 0 Å². The first kappa shape index (κ1) is 13.1. The number of anilines is 2. The van der Waals surface area contributed by atoms with Crippen LogP contribution in [0.25, 0.3) is 0 Å². The lowest BCUT2D eigenvalue weighted by Crippen LogP contribution is -2.18. The molecular formula is C10H19N5S. The van der Waals surface area contributed by atoms with Crippen molar-refractivity contribution in [3.63, 3.8) is 0 Å². The van der Waals surface area contributed by atoms with Gasteiger partial charge >= 0.3 is 0 Å². The highest BCUT2D eigenvalue weighted by atomic mass is 32.2. The van der Waals surface area contributed by atoms with E-state index in [9.17, 15) is 0 Å². The molecule has 0 bridgehead atoms. The average molecular weight is 241 g/mol. The smallest absolute Gasteiger partial charge is 0.145 e. The summed E-state index contributed by atoms with van der Waals surface area (Å²) in [5, 5.41) is 3.33. The van der Waals surface area contributed by atoms with Gasteiger partial charge in [-0.3, -0.25) is 0 Å². The van der Waals surface area contributed by atoms with E-state index < -0.39 is 0 Å². The van der Waals surface area contributed by atoms with Crippen LogP contribution in [0.15, 0.2) is 6.07 Å². The summed E-state index contributed by atoms with van der Waals surface area (Å²) in [6.07, 6.45) is 3.22. The lowest BCUT2D eigenvalue weighted by atomic mass is 10.2. The van der Waals surface area contributed by atoms with E-state index in [0.29, 0.717) is 17.7 Å². The summed E-state index contributed by atoms with van der Waals surface area (Å²) in [5.74, 6) is 8.62. The molecule has 0 aromatic carbocycles. The first-order valence-electron chi connectivity index (χ1n) is 5.23. The monoisotopic (exact) mass is 241 g/mol. The van der Waals surface area contributed by atoms with Crippen LogP contribution in [-0.2, 0) is 0 Å². The number of nitrogens with one attached hydrogen (secondary N) is 2. The third-order valence-corrected chi connectivity index (χ3v) is 2.78. The second kappa shape index (κ2) is 6.55. The Morgan fingerprint density at radius 2 is 2.12 bits per heavy atom. The number of hydrazine groups is 1. The maximum absolute atomic E-state index is 5.33. The van der Waals surface area contributed by atoms with E-state index in [0.717, 1.165) is 18.0 Å². The van der Waals surface area contributed by atoms with E-state index in [1.165, 1.54) is 0 Å². The second-order valence-corrected chi connectivity index (χ2v) is 4.64. The molecule has 5 nitrogen and oxygen atoms in total. The number of aromatic nitrogens is 2. The molecule has 0 amide bonds. The van der Waals surface area contributed by atoms with Crippen molar-refractivity contribution in [3.05, 3.63) is 11.9 Å². The Morgan fingerprint density at radius 1 is 1.44 bits per heavy atom. The van der Waals surface area contributed by atoms with Crippen LogP contribution in [0, 0.1) is 6.92 Å². The molecule has 1 unspecified atom stereocenters. The fraction of sp³-hybridized carbons (Fsp3) is 0.600. The van der Waals surface area contributed by atoms with Crippen LogP contribution in [0.5, 0.6) is 0 Å². The lowest BCUT2D eigenvalue weighted by Gasteiger charge is -2.14. The summed E-state index contributed by atoms with van der Waals surface area (Å²) in [6, 6.07) is 2.20. The molecule has 1 heterocycles. The van der Waals surface area contributed by atoms with Crippen LogP contribution < -0.4 is 16.6 Å². The molecule has 0 aliphatic rings. The number of nitrogens with zero attached hydrogens (tertiary/aromatic N) is 2. The molecule has 0 saturated carbocycles. The van der Waals surface area contributed by atoms with Gasteiger partial charge in [-0.05, 0) is 32.3 Å². The highest BCUT2D eigenvalue weighted by molar-refractivity contribution is 7.98. The average Bonchev–Trinajstić information content (AvgIpc) is 2.25. The van der Waals surface area contributed by atoms with Gasteiger partial charge in [0.1, 0.15) is 17.5 Å². The van der Waals surface area contributed by atoms with Crippen molar-refractivity contribution in [1.29, 1.82) is 0 Å². The number of nitrogens with two attached hydrogens (primary N) is 1. The molecule has 1 aromatic heterocycles. The van der Waals surface area contributed by atoms with Gasteiger partial charge in [-0.15, -0.1) is 0 Å². The van der Waals surface area contributed by atoms with E-state index in [1.54, 1.807) is 0 Å². The number of thioether (sulfide) groups is 1. The molecule has 1 atom stereocenters. The van der Waals surface area contributed by atoms with E-state index in [2.05, 4.69) is 33.9 Å². The minimum Gasteiger partial charge on any atom is -0.367 e. The normalized spacial score (nSPS) is 12.2.